The topological polar surface area (TPSA) is 30.7 Å². The maximum atomic E-state index is 6.05. The summed E-state index contributed by atoms with van der Waals surface area (Å²) in [6.07, 6.45) is 3.71. The van der Waals surface area contributed by atoms with Gasteiger partial charge in [-0.05, 0) is 64.9 Å². The van der Waals surface area contributed by atoms with Crippen molar-refractivity contribution in [3.63, 3.8) is 0 Å². The van der Waals surface area contributed by atoms with Gasteiger partial charge in [0.2, 0.25) is 0 Å². The Hall–Kier alpha value is -1.14. The zero-order valence-corrected chi connectivity index (χ0v) is 13.9. The van der Waals surface area contributed by atoms with Crippen LogP contribution in [0, 0.1) is 10.5 Å². The van der Waals surface area contributed by atoms with Crippen LogP contribution in [-0.4, -0.2) is 14.5 Å². The van der Waals surface area contributed by atoms with Crippen LogP contribution < -0.4 is 0 Å². The van der Waals surface area contributed by atoms with Crippen LogP contribution >= 0.6 is 34.2 Å². The third kappa shape index (κ3) is 2.54. The van der Waals surface area contributed by atoms with E-state index in [0.717, 1.165) is 23.4 Å². The standard InChI is InChI=1S/C15H13ClIN3/c1-10-8-18-5-4-11(10)9-20-14-3-2-12(17)6-13(14)19-15(20)7-16/h2-6,8H,7,9H2,1H3. The number of aryl methyl sites for hydroxylation is 1. The molecule has 0 unspecified atom stereocenters. The van der Waals surface area contributed by atoms with Crippen LogP contribution in [0.3, 0.4) is 0 Å². The van der Waals surface area contributed by atoms with E-state index in [1.807, 2.05) is 18.5 Å². The highest BCUT2D eigenvalue weighted by Crippen LogP contribution is 2.22. The molecule has 0 bridgehead atoms. The maximum absolute atomic E-state index is 6.05. The monoisotopic (exact) mass is 397 g/mol. The highest BCUT2D eigenvalue weighted by molar-refractivity contribution is 14.1. The van der Waals surface area contributed by atoms with Gasteiger partial charge in [-0.3, -0.25) is 4.98 Å². The van der Waals surface area contributed by atoms with Crippen molar-refractivity contribution in [1.29, 1.82) is 0 Å². The summed E-state index contributed by atoms with van der Waals surface area (Å²) < 4.78 is 3.36. The molecule has 20 heavy (non-hydrogen) atoms. The third-order valence-corrected chi connectivity index (χ3v) is 4.28. The van der Waals surface area contributed by atoms with Crippen molar-refractivity contribution in [2.75, 3.05) is 0 Å². The van der Waals surface area contributed by atoms with Gasteiger partial charge < -0.3 is 4.57 Å². The molecule has 0 aliphatic rings. The molecule has 2 aromatic heterocycles. The number of alkyl halides is 1. The van der Waals surface area contributed by atoms with Gasteiger partial charge in [0.15, 0.2) is 0 Å². The zero-order chi connectivity index (χ0) is 14.1. The second-order valence-corrected chi connectivity index (χ2v) is 6.20. The highest BCUT2D eigenvalue weighted by atomic mass is 127. The first kappa shape index (κ1) is 13.8. The van der Waals surface area contributed by atoms with Gasteiger partial charge in [-0.2, -0.15) is 0 Å². The van der Waals surface area contributed by atoms with Crippen molar-refractivity contribution in [3.05, 3.63) is 57.2 Å². The van der Waals surface area contributed by atoms with Crippen LogP contribution in [0.2, 0.25) is 0 Å². The maximum Gasteiger partial charge on any atom is 0.125 e. The number of hydrogen-bond donors (Lipinski definition) is 0. The number of aromatic nitrogens is 3. The fourth-order valence-corrected chi connectivity index (χ4v) is 2.96. The lowest BCUT2D eigenvalue weighted by atomic mass is 10.1. The van der Waals surface area contributed by atoms with Gasteiger partial charge in [-0.25, -0.2) is 4.98 Å². The van der Waals surface area contributed by atoms with Crippen LogP contribution in [0.1, 0.15) is 17.0 Å². The summed E-state index contributed by atoms with van der Waals surface area (Å²) in [5.74, 6) is 1.31. The van der Waals surface area contributed by atoms with E-state index in [4.69, 9.17) is 11.6 Å². The van der Waals surface area contributed by atoms with Crippen molar-refractivity contribution in [1.82, 2.24) is 14.5 Å². The SMILES string of the molecule is Cc1cnccc1Cn1c(CCl)nc2cc(I)ccc21. The summed E-state index contributed by atoms with van der Waals surface area (Å²) in [6.45, 7) is 2.85. The van der Waals surface area contributed by atoms with Gasteiger partial charge in [0.1, 0.15) is 5.82 Å². The van der Waals surface area contributed by atoms with E-state index in [-0.39, 0.29) is 0 Å². The molecule has 3 nitrogen and oxygen atoms in total. The average Bonchev–Trinajstić information content (AvgIpc) is 2.78. The number of imidazole rings is 1. The highest BCUT2D eigenvalue weighted by Gasteiger charge is 2.11. The number of rotatable bonds is 3. The largest absolute Gasteiger partial charge is 0.322 e. The molecule has 0 aliphatic heterocycles. The van der Waals surface area contributed by atoms with E-state index in [0.29, 0.717) is 5.88 Å². The number of hydrogen-bond acceptors (Lipinski definition) is 2. The molecule has 0 saturated carbocycles. The summed E-state index contributed by atoms with van der Waals surface area (Å²) in [5, 5.41) is 0. The molecule has 1 aromatic carbocycles. The van der Waals surface area contributed by atoms with Crippen molar-refractivity contribution in [2.45, 2.75) is 19.3 Å². The molecule has 3 aromatic rings. The average molecular weight is 398 g/mol. The lowest BCUT2D eigenvalue weighted by Crippen LogP contribution is -2.05. The Labute approximate surface area is 136 Å². The number of halogens is 2. The Morgan fingerprint density at radius 3 is 2.90 bits per heavy atom. The molecule has 0 spiro atoms. The molecule has 0 atom stereocenters. The predicted octanol–water partition coefficient (Wildman–Crippen LogP) is 4.13. The minimum Gasteiger partial charge on any atom is -0.322 e. The number of benzene rings is 1. The van der Waals surface area contributed by atoms with E-state index in [2.05, 4.69) is 62.2 Å². The summed E-state index contributed by atoms with van der Waals surface area (Å²) in [7, 11) is 0. The normalized spacial score (nSPS) is 11.2. The number of fused-ring (bicyclic) bond motifs is 1. The van der Waals surface area contributed by atoms with Crippen LogP contribution in [-0.2, 0) is 12.4 Å². The molecule has 0 radical (unpaired) electrons. The molecule has 0 aliphatic carbocycles. The summed E-state index contributed by atoms with van der Waals surface area (Å²) >= 11 is 8.35. The first-order valence-corrected chi connectivity index (χ1v) is 7.90. The summed E-state index contributed by atoms with van der Waals surface area (Å²) in [5.41, 5.74) is 4.54. The predicted molar refractivity (Wildman–Crippen MR) is 90.1 cm³/mol. The molecule has 0 fully saturated rings. The number of pyridine rings is 1. The molecule has 102 valence electrons. The van der Waals surface area contributed by atoms with Crippen LogP contribution in [0.15, 0.2) is 36.7 Å². The van der Waals surface area contributed by atoms with Gasteiger partial charge in [-0.1, -0.05) is 0 Å². The van der Waals surface area contributed by atoms with Crippen molar-refractivity contribution in [2.24, 2.45) is 0 Å². The summed E-state index contributed by atoms with van der Waals surface area (Å²) in [6, 6.07) is 8.34. The minimum atomic E-state index is 0.412. The molecule has 5 heteroatoms. The van der Waals surface area contributed by atoms with Crippen molar-refractivity contribution >= 4 is 45.2 Å². The quantitative estimate of drug-likeness (QED) is 0.491. The Morgan fingerprint density at radius 2 is 2.15 bits per heavy atom. The second kappa shape index (κ2) is 5.69. The summed E-state index contributed by atoms with van der Waals surface area (Å²) in [4.78, 5) is 8.77. The third-order valence-electron chi connectivity index (χ3n) is 3.37. The first-order chi connectivity index (χ1) is 9.69. The van der Waals surface area contributed by atoms with E-state index in [9.17, 15) is 0 Å². The molecule has 0 saturated heterocycles. The second-order valence-electron chi connectivity index (χ2n) is 4.68. The van der Waals surface area contributed by atoms with Crippen molar-refractivity contribution < 1.29 is 0 Å². The Kier molecular flexibility index (Phi) is 3.94. The van der Waals surface area contributed by atoms with Gasteiger partial charge in [0.05, 0.1) is 16.9 Å². The Bertz CT molecular complexity index is 767. The minimum absolute atomic E-state index is 0.412. The van der Waals surface area contributed by atoms with Gasteiger partial charge >= 0.3 is 0 Å². The molecular formula is C15H13ClIN3. The smallest absolute Gasteiger partial charge is 0.125 e. The molecule has 3 rings (SSSR count). The molecule has 0 N–H and O–H groups in total. The molecule has 2 heterocycles. The fraction of sp³-hybridized carbons (Fsp3) is 0.200. The number of nitrogens with zero attached hydrogens (tertiary/aromatic N) is 3. The lowest BCUT2D eigenvalue weighted by molar-refractivity contribution is 0.772. The van der Waals surface area contributed by atoms with Crippen LogP contribution in [0.5, 0.6) is 0 Å². The van der Waals surface area contributed by atoms with E-state index < -0.39 is 0 Å². The molecule has 0 amide bonds. The van der Waals surface area contributed by atoms with E-state index in [1.54, 1.807) is 0 Å². The fourth-order valence-electron chi connectivity index (χ4n) is 2.28. The first-order valence-electron chi connectivity index (χ1n) is 6.29. The van der Waals surface area contributed by atoms with Crippen LogP contribution in [0.4, 0.5) is 0 Å². The van der Waals surface area contributed by atoms with E-state index >= 15 is 0 Å². The Balaban J connectivity index is 2.12. The van der Waals surface area contributed by atoms with Crippen LogP contribution in [0.25, 0.3) is 11.0 Å². The van der Waals surface area contributed by atoms with Gasteiger partial charge in [0.25, 0.3) is 0 Å². The Morgan fingerprint density at radius 1 is 1.30 bits per heavy atom. The van der Waals surface area contributed by atoms with E-state index in [1.165, 1.54) is 14.7 Å². The molecular weight excluding hydrogens is 385 g/mol. The van der Waals surface area contributed by atoms with Gasteiger partial charge in [0, 0.05) is 22.5 Å². The zero-order valence-electron chi connectivity index (χ0n) is 11.0. The van der Waals surface area contributed by atoms with Gasteiger partial charge in [-0.15, -0.1) is 11.6 Å². The lowest BCUT2D eigenvalue weighted by Gasteiger charge is -2.10. The van der Waals surface area contributed by atoms with Crippen molar-refractivity contribution in [3.8, 4) is 0 Å².